The molecular weight excluding hydrogens is 258 g/mol. The lowest BCUT2D eigenvalue weighted by Crippen LogP contribution is -2.36. The zero-order chi connectivity index (χ0) is 12.8. The zero-order valence-electron chi connectivity index (χ0n) is 9.46. The summed E-state index contributed by atoms with van der Waals surface area (Å²) in [6.07, 6.45) is 0.295. The Hall–Kier alpha value is -0.220. The van der Waals surface area contributed by atoms with Crippen molar-refractivity contribution in [3.63, 3.8) is 0 Å². The Kier molecular flexibility index (Phi) is 6.41. The summed E-state index contributed by atoms with van der Waals surface area (Å²) in [6, 6.07) is 0. The van der Waals surface area contributed by atoms with Crippen molar-refractivity contribution < 1.29 is 26.3 Å². The summed E-state index contributed by atoms with van der Waals surface area (Å²) in [5.74, 6) is -0.876. The molecule has 0 radical (unpaired) electrons. The third kappa shape index (κ3) is 7.99. The van der Waals surface area contributed by atoms with Gasteiger partial charge in [-0.15, -0.1) is 0 Å². The fraction of sp³-hybridized carbons (Fsp3) is 1.00. The summed E-state index contributed by atoms with van der Waals surface area (Å²) in [4.78, 5) is 0. The maximum absolute atomic E-state index is 11.3. The van der Waals surface area contributed by atoms with E-state index in [-0.39, 0.29) is 6.54 Å². The van der Waals surface area contributed by atoms with Crippen molar-refractivity contribution in [3.8, 4) is 0 Å². The van der Waals surface area contributed by atoms with Crippen LogP contribution in [0.3, 0.4) is 0 Å². The van der Waals surface area contributed by atoms with Crippen LogP contribution in [0.25, 0.3) is 0 Å². The van der Waals surface area contributed by atoms with Gasteiger partial charge in [-0.2, -0.15) is 0 Å². The average Bonchev–Trinajstić information content (AvgIpc) is 2.16. The first-order valence-electron chi connectivity index (χ1n) is 4.41. The zero-order valence-corrected chi connectivity index (χ0v) is 11.1. The van der Waals surface area contributed by atoms with Crippen LogP contribution < -0.4 is 4.72 Å². The molecule has 9 heteroatoms. The summed E-state index contributed by atoms with van der Waals surface area (Å²) in [6.45, 7) is -0.0565. The highest BCUT2D eigenvalue weighted by atomic mass is 32.2. The SMILES string of the molecule is COC(CNS(=O)(=O)CCS(C)(=O)=O)OC. The number of nitrogens with one attached hydrogen (secondary N) is 1. The van der Waals surface area contributed by atoms with Crippen molar-refractivity contribution in [2.24, 2.45) is 0 Å². The van der Waals surface area contributed by atoms with E-state index in [4.69, 9.17) is 9.47 Å². The van der Waals surface area contributed by atoms with E-state index < -0.39 is 37.7 Å². The number of ether oxygens (including phenoxy) is 2. The lowest BCUT2D eigenvalue weighted by molar-refractivity contribution is -0.0960. The molecule has 0 aromatic heterocycles. The highest BCUT2D eigenvalue weighted by Gasteiger charge is 2.16. The molecule has 0 aromatic carbocycles. The molecule has 0 aliphatic rings. The topological polar surface area (TPSA) is 98.8 Å². The molecule has 7 nitrogen and oxygen atoms in total. The molecular formula is C7H17NO6S2. The summed E-state index contributed by atoms with van der Waals surface area (Å²) in [5, 5.41) is 0. The fourth-order valence-electron chi connectivity index (χ4n) is 0.791. The van der Waals surface area contributed by atoms with Gasteiger partial charge in [-0.05, 0) is 0 Å². The predicted molar refractivity (Wildman–Crippen MR) is 59.3 cm³/mol. The van der Waals surface area contributed by atoms with E-state index in [1.807, 2.05) is 0 Å². The Morgan fingerprint density at radius 1 is 1.06 bits per heavy atom. The monoisotopic (exact) mass is 275 g/mol. The molecule has 0 saturated carbocycles. The Morgan fingerprint density at radius 2 is 1.56 bits per heavy atom. The molecule has 0 rings (SSSR count). The van der Waals surface area contributed by atoms with Gasteiger partial charge in [-0.3, -0.25) is 0 Å². The van der Waals surface area contributed by atoms with Crippen LogP contribution in [0.5, 0.6) is 0 Å². The van der Waals surface area contributed by atoms with Crippen LogP contribution in [-0.4, -0.2) is 61.7 Å². The van der Waals surface area contributed by atoms with Crippen LogP contribution in [0.4, 0.5) is 0 Å². The maximum atomic E-state index is 11.3. The van der Waals surface area contributed by atoms with Crippen LogP contribution >= 0.6 is 0 Å². The number of sulfone groups is 1. The van der Waals surface area contributed by atoms with Crippen molar-refractivity contribution in [1.29, 1.82) is 0 Å². The van der Waals surface area contributed by atoms with Gasteiger partial charge < -0.3 is 9.47 Å². The average molecular weight is 275 g/mol. The van der Waals surface area contributed by atoms with Crippen molar-refractivity contribution in [2.75, 3.05) is 38.5 Å². The van der Waals surface area contributed by atoms with E-state index in [1.54, 1.807) is 0 Å². The molecule has 0 atom stereocenters. The minimum absolute atomic E-state index is 0.0565. The highest BCUT2D eigenvalue weighted by molar-refractivity contribution is 7.93. The minimum atomic E-state index is -3.62. The first-order valence-corrected chi connectivity index (χ1v) is 8.12. The molecule has 98 valence electrons. The molecule has 0 heterocycles. The summed E-state index contributed by atoms with van der Waals surface area (Å²) in [7, 11) is -4.16. The standard InChI is InChI=1S/C7H17NO6S2/c1-13-7(14-2)6-8-16(11,12)5-4-15(3,9)10/h7-8H,4-6H2,1-3H3. The molecule has 0 aliphatic heterocycles. The van der Waals surface area contributed by atoms with Gasteiger partial charge in [0.1, 0.15) is 9.84 Å². The van der Waals surface area contributed by atoms with Crippen LogP contribution in [-0.2, 0) is 29.3 Å². The molecule has 0 fully saturated rings. The first kappa shape index (κ1) is 15.8. The van der Waals surface area contributed by atoms with Crippen molar-refractivity contribution in [1.82, 2.24) is 4.72 Å². The number of methoxy groups -OCH3 is 2. The molecule has 0 amide bonds. The van der Waals surface area contributed by atoms with E-state index in [1.165, 1.54) is 14.2 Å². The Morgan fingerprint density at radius 3 is 1.94 bits per heavy atom. The molecule has 1 N–H and O–H groups in total. The second kappa shape index (κ2) is 6.50. The predicted octanol–water partition coefficient (Wildman–Crippen LogP) is -1.43. The number of rotatable bonds is 8. The van der Waals surface area contributed by atoms with E-state index in [0.717, 1.165) is 6.26 Å². The third-order valence-corrected chi connectivity index (χ3v) is 4.27. The van der Waals surface area contributed by atoms with Gasteiger partial charge in [0.05, 0.1) is 18.1 Å². The lowest BCUT2D eigenvalue weighted by Gasteiger charge is -2.13. The van der Waals surface area contributed by atoms with E-state index in [2.05, 4.69) is 4.72 Å². The Labute approximate surface area is 96.1 Å². The smallest absolute Gasteiger partial charge is 0.212 e. The molecule has 0 saturated heterocycles. The number of hydrogen-bond donors (Lipinski definition) is 1. The van der Waals surface area contributed by atoms with Gasteiger partial charge in [0, 0.05) is 20.5 Å². The Balaban J connectivity index is 4.16. The largest absolute Gasteiger partial charge is 0.355 e. The molecule has 0 bridgehead atoms. The van der Waals surface area contributed by atoms with E-state index in [0.29, 0.717) is 0 Å². The van der Waals surface area contributed by atoms with Gasteiger partial charge in [-0.25, -0.2) is 21.6 Å². The Bertz CT molecular complexity index is 383. The van der Waals surface area contributed by atoms with E-state index in [9.17, 15) is 16.8 Å². The highest BCUT2D eigenvalue weighted by Crippen LogP contribution is 1.93. The van der Waals surface area contributed by atoms with Gasteiger partial charge in [0.15, 0.2) is 6.29 Å². The van der Waals surface area contributed by atoms with Crippen molar-refractivity contribution in [2.45, 2.75) is 6.29 Å². The molecule has 0 aliphatic carbocycles. The lowest BCUT2D eigenvalue weighted by atomic mass is 10.6. The summed E-state index contributed by atoms with van der Waals surface area (Å²) in [5.41, 5.74) is 0. The first-order chi connectivity index (χ1) is 7.20. The summed E-state index contributed by atoms with van der Waals surface area (Å²) >= 11 is 0. The van der Waals surface area contributed by atoms with Gasteiger partial charge in [0.25, 0.3) is 0 Å². The quantitative estimate of drug-likeness (QED) is 0.545. The van der Waals surface area contributed by atoms with Crippen molar-refractivity contribution >= 4 is 19.9 Å². The van der Waals surface area contributed by atoms with Gasteiger partial charge >= 0.3 is 0 Å². The molecule has 0 aromatic rings. The summed E-state index contributed by atoms with van der Waals surface area (Å²) < 4.78 is 56.0. The second-order valence-corrected chi connectivity index (χ2v) is 7.38. The molecule has 16 heavy (non-hydrogen) atoms. The van der Waals surface area contributed by atoms with Gasteiger partial charge in [-0.1, -0.05) is 0 Å². The van der Waals surface area contributed by atoms with Crippen LogP contribution in [0, 0.1) is 0 Å². The van der Waals surface area contributed by atoms with Crippen molar-refractivity contribution in [3.05, 3.63) is 0 Å². The number of hydrogen-bond acceptors (Lipinski definition) is 6. The normalized spacial score (nSPS) is 13.2. The van der Waals surface area contributed by atoms with Crippen LogP contribution in [0.1, 0.15) is 0 Å². The number of sulfonamides is 1. The van der Waals surface area contributed by atoms with Crippen LogP contribution in [0.15, 0.2) is 0 Å². The van der Waals surface area contributed by atoms with E-state index >= 15 is 0 Å². The van der Waals surface area contributed by atoms with Gasteiger partial charge in [0.2, 0.25) is 10.0 Å². The molecule has 0 unspecified atom stereocenters. The van der Waals surface area contributed by atoms with Crippen LogP contribution in [0.2, 0.25) is 0 Å². The maximum Gasteiger partial charge on any atom is 0.212 e. The molecule has 0 spiro atoms. The minimum Gasteiger partial charge on any atom is -0.355 e. The third-order valence-electron chi connectivity index (χ3n) is 1.72. The fourth-order valence-corrected chi connectivity index (χ4v) is 3.41. The second-order valence-electron chi connectivity index (χ2n) is 3.20.